The van der Waals surface area contributed by atoms with Crippen molar-refractivity contribution in [1.82, 2.24) is 0 Å². The molecule has 0 aliphatic heterocycles. The predicted molar refractivity (Wildman–Crippen MR) is 253 cm³/mol. The summed E-state index contributed by atoms with van der Waals surface area (Å²) in [6.07, 6.45) is 56.3. The van der Waals surface area contributed by atoms with Crippen LogP contribution >= 0.6 is 0 Å². The number of quaternary nitrogens is 1. The first kappa shape index (κ1) is 57.7. The summed E-state index contributed by atoms with van der Waals surface area (Å²) in [5, 5.41) is 19.3. The normalized spacial score (nSPS) is 13.4. The molecule has 0 heterocycles. The van der Waals surface area contributed by atoms with E-state index in [2.05, 4.69) is 55.5 Å². The van der Waals surface area contributed by atoms with Gasteiger partial charge in [-0.1, -0.05) is 210 Å². The molecular formula is C52H96NO7+. The van der Waals surface area contributed by atoms with Gasteiger partial charge in [0.25, 0.3) is 6.29 Å². The van der Waals surface area contributed by atoms with E-state index in [1.807, 2.05) is 21.1 Å². The van der Waals surface area contributed by atoms with Crippen molar-refractivity contribution >= 4 is 11.9 Å². The topological polar surface area (TPSA) is 102 Å². The van der Waals surface area contributed by atoms with Crippen molar-refractivity contribution in [2.45, 2.75) is 225 Å². The van der Waals surface area contributed by atoms with Crippen LogP contribution in [0.1, 0.15) is 212 Å². The number of aliphatic hydroxyl groups excluding tert-OH is 1. The number of allylic oxidation sites excluding steroid dienone is 8. The summed E-state index contributed by atoms with van der Waals surface area (Å²) < 4.78 is 16.2. The van der Waals surface area contributed by atoms with Gasteiger partial charge in [0.1, 0.15) is 19.3 Å². The fourth-order valence-corrected chi connectivity index (χ4v) is 7.00. The predicted octanol–water partition coefficient (Wildman–Crippen LogP) is 13.8. The number of esters is 1. The quantitative estimate of drug-likeness (QED) is 0.0207. The van der Waals surface area contributed by atoms with Gasteiger partial charge >= 0.3 is 11.9 Å². The van der Waals surface area contributed by atoms with Gasteiger partial charge in [0, 0.05) is 6.42 Å². The lowest BCUT2D eigenvalue weighted by molar-refractivity contribution is -0.870. The van der Waals surface area contributed by atoms with E-state index >= 15 is 0 Å². The Bertz CT molecular complexity index is 1060. The molecule has 0 aromatic rings. The van der Waals surface area contributed by atoms with E-state index in [0.717, 1.165) is 44.9 Å². The highest BCUT2D eigenvalue weighted by molar-refractivity contribution is 5.70. The van der Waals surface area contributed by atoms with Gasteiger partial charge in [0.2, 0.25) is 0 Å². The van der Waals surface area contributed by atoms with Gasteiger partial charge in [-0.15, -0.1) is 0 Å². The fourth-order valence-electron chi connectivity index (χ4n) is 7.00. The molecule has 2 unspecified atom stereocenters. The van der Waals surface area contributed by atoms with Crippen LogP contribution in [0.3, 0.4) is 0 Å². The number of rotatable bonds is 46. The minimum Gasteiger partial charge on any atom is -0.477 e. The number of ether oxygens (including phenoxy) is 3. The van der Waals surface area contributed by atoms with Gasteiger partial charge in [-0.05, 0) is 44.9 Å². The Balaban J connectivity index is 3.35. The number of hydrogen-bond acceptors (Lipinski definition) is 6. The van der Waals surface area contributed by atoms with Gasteiger partial charge in [0.15, 0.2) is 0 Å². The Morgan fingerprint density at radius 2 is 0.867 bits per heavy atom. The van der Waals surface area contributed by atoms with Crippen LogP contribution in [0.25, 0.3) is 0 Å². The Morgan fingerprint density at radius 3 is 1.25 bits per heavy atom. The van der Waals surface area contributed by atoms with Gasteiger partial charge in [-0.2, -0.15) is 0 Å². The van der Waals surface area contributed by atoms with Crippen molar-refractivity contribution in [3.8, 4) is 0 Å². The van der Waals surface area contributed by atoms with E-state index in [0.29, 0.717) is 17.4 Å². The highest BCUT2D eigenvalue weighted by Crippen LogP contribution is 2.17. The summed E-state index contributed by atoms with van der Waals surface area (Å²) in [5.41, 5.74) is 0. The molecule has 0 saturated heterocycles. The number of nitrogens with zero attached hydrogens (tertiary/aromatic N) is 1. The number of hydrogen-bond donors (Lipinski definition) is 2. The molecule has 0 fully saturated rings. The largest absolute Gasteiger partial charge is 0.477 e. The minimum absolute atomic E-state index is 0.211. The first-order valence-corrected chi connectivity index (χ1v) is 24.9. The van der Waals surface area contributed by atoms with Crippen molar-refractivity contribution in [3.63, 3.8) is 0 Å². The van der Waals surface area contributed by atoms with Crippen LogP contribution in [-0.2, 0) is 23.8 Å². The zero-order valence-electron chi connectivity index (χ0n) is 39.6. The molecule has 0 amide bonds. The molecule has 350 valence electrons. The highest BCUT2D eigenvalue weighted by Gasteiger charge is 2.22. The first-order chi connectivity index (χ1) is 29.2. The Labute approximate surface area is 370 Å². The standard InChI is InChI=1S/C52H95NO7/c1-5-6-7-8-9-10-11-12-13-14-15-16-17-18-19-20-21-22-23-24-25-26-27-28-29-30-31-32-33-34-35-36-37-38-39-40-41-42-43-44-50(55)59-47-49(54)48-60-52(51(56)57)58-46-45-53(2,3)4/h6-7,9-10,12-13,15-16,49,52,54H,5,8,11,14,17-48H2,1-4H3/p+1/b7-6-,10-9-,13-12-,16-15-. The van der Waals surface area contributed by atoms with Gasteiger partial charge in [-0.25, -0.2) is 4.79 Å². The molecular weight excluding hydrogens is 751 g/mol. The summed E-state index contributed by atoms with van der Waals surface area (Å²) in [7, 11) is 5.93. The van der Waals surface area contributed by atoms with Gasteiger partial charge < -0.3 is 28.9 Å². The van der Waals surface area contributed by atoms with Crippen molar-refractivity contribution in [2.24, 2.45) is 0 Å². The van der Waals surface area contributed by atoms with Crippen molar-refractivity contribution in [3.05, 3.63) is 48.6 Å². The van der Waals surface area contributed by atoms with E-state index < -0.39 is 18.4 Å². The van der Waals surface area contributed by atoms with Crippen LogP contribution in [0.2, 0.25) is 0 Å². The number of likely N-dealkylation sites (N-methyl/N-ethyl adjacent to an activating group) is 1. The molecule has 0 bridgehead atoms. The van der Waals surface area contributed by atoms with Crippen molar-refractivity contribution in [2.75, 3.05) is 47.5 Å². The molecule has 0 radical (unpaired) electrons. The second kappa shape index (κ2) is 44.8. The van der Waals surface area contributed by atoms with E-state index in [9.17, 15) is 19.8 Å². The maximum atomic E-state index is 12.0. The summed E-state index contributed by atoms with van der Waals surface area (Å²) in [4.78, 5) is 23.4. The molecule has 8 heteroatoms. The van der Waals surface area contributed by atoms with Crippen molar-refractivity contribution < 1.29 is 38.5 Å². The molecule has 0 rings (SSSR count). The number of carbonyl (C=O) groups is 2. The highest BCUT2D eigenvalue weighted by atomic mass is 16.7. The number of carboxylic acid groups (broad SMARTS) is 1. The van der Waals surface area contributed by atoms with E-state index in [4.69, 9.17) is 14.2 Å². The van der Waals surface area contributed by atoms with Gasteiger partial charge in [-0.3, -0.25) is 4.79 Å². The number of aliphatic carboxylic acids is 1. The lowest BCUT2D eigenvalue weighted by Crippen LogP contribution is -2.40. The van der Waals surface area contributed by atoms with Crippen LogP contribution in [0.15, 0.2) is 48.6 Å². The maximum Gasteiger partial charge on any atom is 0.361 e. The molecule has 0 spiro atoms. The summed E-state index contributed by atoms with van der Waals surface area (Å²) in [6, 6.07) is 0. The zero-order chi connectivity index (χ0) is 44.0. The zero-order valence-corrected chi connectivity index (χ0v) is 39.6. The number of aliphatic hydroxyl groups is 1. The average molecular weight is 847 g/mol. The molecule has 60 heavy (non-hydrogen) atoms. The summed E-state index contributed by atoms with van der Waals surface area (Å²) >= 11 is 0. The van der Waals surface area contributed by atoms with Crippen LogP contribution < -0.4 is 0 Å². The van der Waals surface area contributed by atoms with E-state index in [1.54, 1.807) is 0 Å². The molecule has 0 aromatic carbocycles. The summed E-state index contributed by atoms with van der Waals surface area (Å²) in [5.74, 6) is -1.60. The smallest absolute Gasteiger partial charge is 0.361 e. The van der Waals surface area contributed by atoms with Crippen LogP contribution in [-0.4, -0.2) is 86.5 Å². The fraction of sp³-hybridized carbons (Fsp3) is 0.808. The third-order valence-electron chi connectivity index (χ3n) is 10.8. The SMILES string of the molecule is CC/C=C\C/C=C\C/C=C\C/C=C\CCCCCCCCCCCCCCCCCCCCCCCCCCCCC(=O)OCC(O)COC(OCC[N+](C)(C)C)C(=O)O. The maximum absolute atomic E-state index is 12.0. The monoisotopic (exact) mass is 847 g/mol. The second-order valence-electron chi connectivity index (χ2n) is 18.0. The molecule has 2 N–H and O–H groups in total. The third kappa shape index (κ3) is 46.8. The minimum atomic E-state index is -1.46. The number of carbonyl (C=O) groups excluding carboxylic acids is 1. The van der Waals surface area contributed by atoms with E-state index in [-0.39, 0.29) is 25.8 Å². The van der Waals surface area contributed by atoms with Crippen LogP contribution in [0, 0.1) is 0 Å². The van der Waals surface area contributed by atoms with E-state index in [1.165, 1.54) is 154 Å². The molecule has 0 saturated carbocycles. The Kier molecular flexibility index (Phi) is 43.1. The summed E-state index contributed by atoms with van der Waals surface area (Å²) in [6.45, 7) is 2.49. The van der Waals surface area contributed by atoms with Crippen LogP contribution in [0.5, 0.6) is 0 Å². The number of carboxylic acids is 1. The molecule has 0 aromatic heterocycles. The Hall–Kier alpha value is -2.26. The lowest BCUT2D eigenvalue weighted by atomic mass is 10.0. The molecule has 0 aliphatic carbocycles. The average Bonchev–Trinajstić information content (AvgIpc) is 3.21. The number of unbranched alkanes of at least 4 members (excludes halogenated alkanes) is 26. The molecule has 2 atom stereocenters. The second-order valence-corrected chi connectivity index (χ2v) is 18.0. The van der Waals surface area contributed by atoms with Crippen LogP contribution in [0.4, 0.5) is 0 Å². The van der Waals surface area contributed by atoms with Crippen molar-refractivity contribution in [1.29, 1.82) is 0 Å². The Morgan fingerprint density at radius 1 is 0.500 bits per heavy atom. The molecule has 0 aliphatic rings. The lowest BCUT2D eigenvalue weighted by Gasteiger charge is -2.24. The molecule has 8 nitrogen and oxygen atoms in total. The van der Waals surface area contributed by atoms with Gasteiger partial charge in [0.05, 0.1) is 34.4 Å². The third-order valence-corrected chi connectivity index (χ3v) is 10.8. The first-order valence-electron chi connectivity index (χ1n) is 24.9.